The van der Waals surface area contributed by atoms with Crippen LogP contribution in [-0.2, 0) is 6.54 Å². The molecule has 0 saturated heterocycles. The monoisotopic (exact) mass is 394 g/mol. The second kappa shape index (κ2) is 9.75. The van der Waals surface area contributed by atoms with Gasteiger partial charge in [0.1, 0.15) is 5.75 Å². The summed E-state index contributed by atoms with van der Waals surface area (Å²) in [6.45, 7) is 0.821. The highest BCUT2D eigenvalue weighted by molar-refractivity contribution is 5.45. The summed E-state index contributed by atoms with van der Waals surface area (Å²) in [6, 6.07) is 29.5. The zero-order valence-electron chi connectivity index (χ0n) is 17.2. The van der Waals surface area contributed by atoms with Gasteiger partial charge in [0, 0.05) is 12.5 Å². The summed E-state index contributed by atoms with van der Waals surface area (Å²) in [5, 5.41) is 0. The molecule has 0 aliphatic heterocycles. The molecule has 3 nitrogen and oxygen atoms in total. The predicted molar refractivity (Wildman–Crippen MR) is 123 cm³/mol. The third kappa shape index (κ3) is 4.87. The molecule has 0 aliphatic carbocycles. The Morgan fingerprint density at radius 3 is 2.23 bits per heavy atom. The summed E-state index contributed by atoms with van der Waals surface area (Å²) >= 11 is 0. The van der Waals surface area contributed by atoms with E-state index in [4.69, 9.17) is 4.74 Å². The van der Waals surface area contributed by atoms with E-state index >= 15 is 0 Å². The number of allylic oxidation sites excluding steroid dienone is 1. The van der Waals surface area contributed by atoms with Crippen LogP contribution < -0.4 is 4.74 Å². The van der Waals surface area contributed by atoms with Crippen LogP contribution in [0.15, 0.2) is 104 Å². The Labute approximate surface area is 178 Å². The smallest absolute Gasteiger partial charge is 0.118 e. The van der Waals surface area contributed by atoms with Crippen LogP contribution in [0.1, 0.15) is 34.7 Å². The summed E-state index contributed by atoms with van der Waals surface area (Å²) < 4.78 is 7.50. The number of ether oxygens (including phenoxy) is 1. The molecule has 3 heteroatoms. The van der Waals surface area contributed by atoms with Crippen LogP contribution in [0.3, 0.4) is 0 Å². The molecule has 1 atom stereocenters. The number of rotatable bonds is 8. The third-order valence-electron chi connectivity index (χ3n) is 5.32. The topological polar surface area (TPSA) is 27.1 Å². The number of aromatic nitrogens is 2. The quantitative estimate of drug-likeness (QED) is 0.357. The number of benzene rings is 3. The van der Waals surface area contributed by atoms with Crippen molar-refractivity contribution in [2.45, 2.75) is 18.9 Å². The fourth-order valence-electron chi connectivity index (χ4n) is 3.69. The SMILES string of the molecule is COc1ccc(C(C/C=C/c2cncn2Cc2ccccc2)c2ccccc2)cc1. The van der Waals surface area contributed by atoms with Crippen LogP contribution in [-0.4, -0.2) is 16.7 Å². The van der Waals surface area contributed by atoms with Gasteiger partial charge in [0.15, 0.2) is 0 Å². The Hall–Kier alpha value is -3.59. The highest BCUT2D eigenvalue weighted by Gasteiger charge is 2.13. The Bertz CT molecular complexity index is 1070. The van der Waals surface area contributed by atoms with Gasteiger partial charge in [-0.25, -0.2) is 4.98 Å². The highest BCUT2D eigenvalue weighted by atomic mass is 16.5. The molecule has 0 aliphatic rings. The lowest BCUT2D eigenvalue weighted by molar-refractivity contribution is 0.414. The van der Waals surface area contributed by atoms with E-state index < -0.39 is 0 Å². The van der Waals surface area contributed by atoms with Crippen molar-refractivity contribution in [2.24, 2.45) is 0 Å². The van der Waals surface area contributed by atoms with Crippen LogP contribution in [0.4, 0.5) is 0 Å². The van der Waals surface area contributed by atoms with Gasteiger partial charge >= 0.3 is 0 Å². The molecule has 1 unspecified atom stereocenters. The van der Waals surface area contributed by atoms with E-state index in [1.54, 1.807) is 7.11 Å². The van der Waals surface area contributed by atoms with Gasteiger partial charge in [-0.15, -0.1) is 0 Å². The number of nitrogens with zero attached hydrogens (tertiary/aromatic N) is 2. The van der Waals surface area contributed by atoms with Crippen molar-refractivity contribution in [3.63, 3.8) is 0 Å². The first-order valence-electron chi connectivity index (χ1n) is 10.2. The van der Waals surface area contributed by atoms with Crippen LogP contribution in [0, 0.1) is 0 Å². The zero-order chi connectivity index (χ0) is 20.6. The minimum atomic E-state index is 0.291. The number of methoxy groups -OCH3 is 1. The van der Waals surface area contributed by atoms with E-state index in [9.17, 15) is 0 Å². The van der Waals surface area contributed by atoms with Gasteiger partial charge in [-0.05, 0) is 41.3 Å². The van der Waals surface area contributed by atoms with Gasteiger partial charge in [-0.1, -0.05) is 78.9 Å². The summed E-state index contributed by atoms with van der Waals surface area (Å²) in [5.41, 5.74) is 4.97. The summed E-state index contributed by atoms with van der Waals surface area (Å²) in [4.78, 5) is 4.35. The molecule has 1 aromatic heterocycles. The molecule has 0 radical (unpaired) electrons. The summed E-state index contributed by atoms with van der Waals surface area (Å²) in [6.07, 6.45) is 9.15. The van der Waals surface area contributed by atoms with Crippen molar-refractivity contribution in [3.8, 4) is 5.75 Å². The van der Waals surface area contributed by atoms with Gasteiger partial charge in [-0.2, -0.15) is 0 Å². The predicted octanol–water partition coefficient (Wildman–Crippen LogP) is 6.18. The lowest BCUT2D eigenvalue weighted by Crippen LogP contribution is -2.01. The maximum Gasteiger partial charge on any atom is 0.118 e. The average Bonchev–Trinajstić information content (AvgIpc) is 3.25. The maximum atomic E-state index is 5.32. The van der Waals surface area contributed by atoms with Crippen molar-refractivity contribution < 1.29 is 4.74 Å². The molecule has 30 heavy (non-hydrogen) atoms. The molecule has 4 aromatic rings. The van der Waals surface area contributed by atoms with Gasteiger partial charge < -0.3 is 9.30 Å². The maximum absolute atomic E-state index is 5.32. The normalized spacial score (nSPS) is 12.2. The number of hydrogen-bond donors (Lipinski definition) is 0. The Kier molecular flexibility index (Phi) is 6.41. The molecular formula is C27H26N2O. The Morgan fingerprint density at radius 1 is 0.867 bits per heavy atom. The molecule has 150 valence electrons. The van der Waals surface area contributed by atoms with E-state index in [0.717, 1.165) is 24.4 Å². The standard InChI is InChI=1S/C27H26N2O/c1-30-26-17-15-24(16-18-26)27(23-11-6-3-7-12-23)14-8-13-25-19-28-21-29(25)20-22-9-4-2-5-10-22/h2-13,15-19,21,27H,14,20H2,1H3/b13-8+. The second-order valence-electron chi connectivity index (χ2n) is 7.31. The van der Waals surface area contributed by atoms with E-state index in [2.05, 4.69) is 88.4 Å². The zero-order valence-corrected chi connectivity index (χ0v) is 17.2. The molecule has 3 aromatic carbocycles. The average molecular weight is 395 g/mol. The molecular weight excluding hydrogens is 368 g/mol. The molecule has 4 rings (SSSR count). The first-order chi connectivity index (χ1) is 14.8. The molecule has 0 spiro atoms. The molecule has 0 amide bonds. The largest absolute Gasteiger partial charge is 0.497 e. The highest BCUT2D eigenvalue weighted by Crippen LogP contribution is 2.30. The lowest BCUT2D eigenvalue weighted by atomic mass is 9.88. The van der Waals surface area contributed by atoms with Crippen LogP contribution >= 0.6 is 0 Å². The van der Waals surface area contributed by atoms with E-state index in [1.165, 1.54) is 16.7 Å². The van der Waals surface area contributed by atoms with Crippen molar-refractivity contribution in [1.29, 1.82) is 0 Å². The van der Waals surface area contributed by atoms with Gasteiger partial charge in [0.2, 0.25) is 0 Å². The second-order valence-corrected chi connectivity index (χ2v) is 7.31. The lowest BCUT2D eigenvalue weighted by Gasteiger charge is -2.17. The Balaban J connectivity index is 1.53. The van der Waals surface area contributed by atoms with Crippen molar-refractivity contribution >= 4 is 6.08 Å². The minimum Gasteiger partial charge on any atom is -0.497 e. The minimum absolute atomic E-state index is 0.291. The summed E-state index contributed by atoms with van der Waals surface area (Å²) in [5.74, 6) is 1.17. The van der Waals surface area contributed by atoms with Crippen LogP contribution in [0.5, 0.6) is 5.75 Å². The molecule has 1 heterocycles. The van der Waals surface area contributed by atoms with Gasteiger partial charge in [-0.3, -0.25) is 0 Å². The molecule has 0 saturated carbocycles. The fraction of sp³-hybridized carbons (Fsp3) is 0.148. The third-order valence-corrected chi connectivity index (χ3v) is 5.32. The van der Waals surface area contributed by atoms with Gasteiger partial charge in [0.25, 0.3) is 0 Å². The summed E-state index contributed by atoms with van der Waals surface area (Å²) in [7, 11) is 1.70. The number of hydrogen-bond acceptors (Lipinski definition) is 2. The molecule has 0 fully saturated rings. The van der Waals surface area contributed by atoms with Crippen molar-refractivity contribution in [3.05, 3.63) is 126 Å². The first kappa shape index (κ1) is 19.7. The fourth-order valence-corrected chi connectivity index (χ4v) is 3.69. The van der Waals surface area contributed by atoms with Gasteiger partial charge in [0.05, 0.1) is 25.3 Å². The van der Waals surface area contributed by atoms with Crippen LogP contribution in [0.2, 0.25) is 0 Å². The molecule has 0 N–H and O–H groups in total. The van der Waals surface area contributed by atoms with E-state index in [0.29, 0.717) is 5.92 Å². The van der Waals surface area contributed by atoms with Crippen LogP contribution in [0.25, 0.3) is 6.08 Å². The van der Waals surface area contributed by atoms with Crippen molar-refractivity contribution in [1.82, 2.24) is 9.55 Å². The Morgan fingerprint density at radius 2 is 1.53 bits per heavy atom. The van der Waals surface area contributed by atoms with E-state index in [-0.39, 0.29) is 0 Å². The first-order valence-corrected chi connectivity index (χ1v) is 10.2. The number of imidazole rings is 1. The van der Waals surface area contributed by atoms with E-state index in [1.807, 2.05) is 30.7 Å². The molecule has 0 bridgehead atoms. The van der Waals surface area contributed by atoms with Crippen molar-refractivity contribution in [2.75, 3.05) is 7.11 Å².